The van der Waals surface area contributed by atoms with E-state index in [0.717, 1.165) is 12.8 Å². The number of benzene rings is 2. The summed E-state index contributed by atoms with van der Waals surface area (Å²) in [5, 5.41) is 0. The van der Waals surface area contributed by atoms with Crippen LogP contribution in [0.1, 0.15) is 37.8 Å². The molecule has 2 heteroatoms. The van der Waals surface area contributed by atoms with Crippen molar-refractivity contribution in [1.82, 2.24) is 0 Å². The first-order valence-electron chi connectivity index (χ1n) is 9.12. The van der Waals surface area contributed by atoms with Crippen molar-refractivity contribution < 1.29 is 9.47 Å². The van der Waals surface area contributed by atoms with Crippen LogP contribution in [0.4, 0.5) is 0 Å². The number of epoxide rings is 1. The maximum Gasteiger partial charge on any atom is 0.126 e. The predicted molar refractivity (Wildman–Crippen MR) is 100 cm³/mol. The highest BCUT2D eigenvalue weighted by molar-refractivity contribution is 5.37. The molecular formula is C23H26O2. The number of rotatable bonds is 5. The van der Waals surface area contributed by atoms with Crippen molar-refractivity contribution in [3.8, 4) is 0 Å². The van der Waals surface area contributed by atoms with Gasteiger partial charge in [-0.05, 0) is 43.7 Å². The Kier molecular flexibility index (Phi) is 4.05. The van der Waals surface area contributed by atoms with Crippen LogP contribution in [-0.2, 0) is 21.7 Å². The first-order valence-corrected chi connectivity index (χ1v) is 9.12. The summed E-state index contributed by atoms with van der Waals surface area (Å²) in [7, 11) is 0. The summed E-state index contributed by atoms with van der Waals surface area (Å²) in [6.07, 6.45) is 2.05. The lowest BCUT2D eigenvalue weighted by atomic mass is 9.68. The van der Waals surface area contributed by atoms with Gasteiger partial charge in [0.2, 0.25) is 0 Å². The molecule has 0 radical (unpaired) electrons. The van der Waals surface area contributed by atoms with Gasteiger partial charge in [-0.25, -0.2) is 0 Å². The van der Waals surface area contributed by atoms with E-state index in [9.17, 15) is 0 Å². The van der Waals surface area contributed by atoms with E-state index in [2.05, 4.69) is 75.0 Å². The molecule has 0 aromatic heterocycles. The van der Waals surface area contributed by atoms with Crippen LogP contribution in [0.5, 0.6) is 0 Å². The van der Waals surface area contributed by atoms with E-state index in [1.165, 1.54) is 16.7 Å². The van der Waals surface area contributed by atoms with E-state index >= 15 is 0 Å². The lowest BCUT2D eigenvalue weighted by Crippen LogP contribution is -2.43. The van der Waals surface area contributed by atoms with Crippen LogP contribution in [0.3, 0.4) is 0 Å². The fraction of sp³-hybridized carbons (Fsp3) is 0.391. The van der Waals surface area contributed by atoms with E-state index in [1.54, 1.807) is 0 Å². The quantitative estimate of drug-likeness (QED) is 0.551. The largest absolute Gasteiger partial charge is 0.370 e. The van der Waals surface area contributed by atoms with E-state index < -0.39 is 0 Å². The van der Waals surface area contributed by atoms with E-state index in [0.29, 0.717) is 12.5 Å². The maximum absolute atomic E-state index is 6.45. The Labute approximate surface area is 150 Å². The van der Waals surface area contributed by atoms with E-state index in [4.69, 9.17) is 9.47 Å². The standard InChI is InChI=1S/C23H26O2/c1-17(2)19-14-21(24-16-18-10-6-4-7-11-18)22(3)23(15-19,25-22)20-12-8-5-9-13-20/h4-13,19,21H,1,14-16H2,2-3H3/t19-,21+,22+,23+/m0/s1. The predicted octanol–water partition coefficient (Wildman–Crippen LogP) is 5.24. The molecule has 25 heavy (non-hydrogen) atoms. The van der Waals surface area contributed by atoms with Gasteiger partial charge in [-0.15, -0.1) is 0 Å². The maximum atomic E-state index is 6.45. The molecule has 130 valence electrons. The van der Waals surface area contributed by atoms with Crippen molar-refractivity contribution in [3.63, 3.8) is 0 Å². The molecule has 2 fully saturated rings. The average molecular weight is 334 g/mol. The minimum absolute atomic E-state index is 0.0726. The van der Waals surface area contributed by atoms with Crippen LogP contribution >= 0.6 is 0 Å². The summed E-state index contributed by atoms with van der Waals surface area (Å²) in [4.78, 5) is 0. The van der Waals surface area contributed by atoms with Gasteiger partial charge in [0.25, 0.3) is 0 Å². The molecule has 1 aliphatic heterocycles. The summed E-state index contributed by atoms with van der Waals surface area (Å²) in [5.41, 5.74) is 3.19. The van der Waals surface area contributed by atoms with Gasteiger partial charge < -0.3 is 9.47 Å². The number of fused-ring (bicyclic) bond motifs is 1. The number of hydrogen-bond acceptors (Lipinski definition) is 2. The smallest absolute Gasteiger partial charge is 0.126 e. The van der Waals surface area contributed by atoms with Crippen molar-refractivity contribution >= 4 is 0 Å². The van der Waals surface area contributed by atoms with Gasteiger partial charge in [-0.2, -0.15) is 0 Å². The zero-order chi connectivity index (χ0) is 17.5. The minimum atomic E-state index is -0.255. The molecule has 2 aromatic rings. The average Bonchev–Trinajstić information content (AvgIpc) is 3.28. The fourth-order valence-electron chi connectivity index (χ4n) is 4.36. The Bertz CT molecular complexity index is 754. The molecular weight excluding hydrogens is 308 g/mol. The van der Waals surface area contributed by atoms with Crippen molar-refractivity contribution in [3.05, 3.63) is 83.9 Å². The molecule has 0 bridgehead atoms. The normalized spacial score (nSPS) is 33.5. The van der Waals surface area contributed by atoms with E-state index in [-0.39, 0.29) is 17.3 Å². The van der Waals surface area contributed by atoms with Gasteiger partial charge in [0, 0.05) is 0 Å². The molecule has 0 N–H and O–H groups in total. The van der Waals surface area contributed by atoms with Crippen molar-refractivity contribution in [2.45, 2.75) is 50.6 Å². The second kappa shape index (κ2) is 6.12. The Balaban J connectivity index is 1.60. The molecule has 1 saturated heterocycles. The molecule has 2 aliphatic rings. The monoisotopic (exact) mass is 334 g/mol. The highest BCUT2D eigenvalue weighted by atomic mass is 16.7. The van der Waals surface area contributed by atoms with Crippen molar-refractivity contribution in [2.24, 2.45) is 5.92 Å². The second-order valence-corrected chi connectivity index (χ2v) is 7.67. The lowest BCUT2D eigenvalue weighted by molar-refractivity contribution is -0.0263. The number of hydrogen-bond donors (Lipinski definition) is 0. The molecule has 2 nitrogen and oxygen atoms in total. The van der Waals surface area contributed by atoms with Gasteiger partial charge in [-0.3, -0.25) is 0 Å². The van der Waals surface area contributed by atoms with Gasteiger partial charge >= 0.3 is 0 Å². The molecule has 1 aliphatic carbocycles. The SMILES string of the molecule is C=C(C)[C@H]1C[C@@H](OCc2ccccc2)[C@@]2(C)O[C@@]2(c2ccccc2)C1. The second-order valence-electron chi connectivity index (χ2n) is 7.67. The molecule has 4 atom stereocenters. The van der Waals surface area contributed by atoms with Crippen LogP contribution in [0.2, 0.25) is 0 Å². The molecule has 0 unspecified atom stereocenters. The van der Waals surface area contributed by atoms with Crippen molar-refractivity contribution in [1.29, 1.82) is 0 Å². The van der Waals surface area contributed by atoms with Crippen LogP contribution in [0, 0.1) is 5.92 Å². The summed E-state index contributed by atoms with van der Waals surface area (Å²) < 4.78 is 12.8. The summed E-state index contributed by atoms with van der Waals surface area (Å²) in [6, 6.07) is 21.0. The van der Waals surface area contributed by atoms with Gasteiger partial charge in [-0.1, -0.05) is 72.8 Å². The molecule has 1 heterocycles. The summed E-state index contributed by atoms with van der Waals surface area (Å²) in [5.74, 6) is 0.427. The van der Waals surface area contributed by atoms with Gasteiger partial charge in [0.15, 0.2) is 0 Å². The third kappa shape index (κ3) is 2.74. The first kappa shape index (κ1) is 16.6. The third-order valence-electron chi connectivity index (χ3n) is 6.02. The van der Waals surface area contributed by atoms with E-state index in [1.807, 2.05) is 6.07 Å². The highest BCUT2D eigenvalue weighted by Gasteiger charge is 2.74. The molecule has 4 rings (SSSR count). The Morgan fingerprint density at radius 2 is 1.76 bits per heavy atom. The molecule has 0 amide bonds. The third-order valence-corrected chi connectivity index (χ3v) is 6.02. The Hall–Kier alpha value is -1.90. The van der Waals surface area contributed by atoms with Gasteiger partial charge in [0.05, 0.1) is 12.7 Å². The van der Waals surface area contributed by atoms with Gasteiger partial charge in [0.1, 0.15) is 11.2 Å². The zero-order valence-corrected chi connectivity index (χ0v) is 15.1. The number of allylic oxidation sites excluding steroid dienone is 1. The van der Waals surface area contributed by atoms with Crippen molar-refractivity contribution in [2.75, 3.05) is 0 Å². The fourth-order valence-corrected chi connectivity index (χ4v) is 4.36. The van der Waals surface area contributed by atoms with Crippen LogP contribution in [0.15, 0.2) is 72.8 Å². The number of ether oxygens (including phenoxy) is 2. The van der Waals surface area contributed by atoms with Crippen LogP contribution in [-0.4, -0.2) is 11.7 Å². The van der Waals surface area contributed by atoms with Crippen LogP contribution in [0.25, 0.3) is 0 Å². The highest BCUT2D eigenvalue weighted by Crippen LogP contribution is 2.66. The first-order chi connectivity index (χ1) is 12.1. The minimum Gasteiger partial charge on any atom is -0.370 e. The summed E-state index contributed by atoms with van der Waals surface area (Å²) in [6.45, 7) is 9.18. The zero-order valence-electron chi connectivity index (χ0n) is 15.1. The molecule has 1 saturated carbocycles. The topological polar surface area (TPSA) is 21.8 Å². The van der Waals surface area contributed by atoms with Crippen LogP contribution < -0.4 is 0 Å². The Morgan fingerprint density at radius 1 is 1.12 bits per heavy atom. The molecule has 2 aromatic carbocycles. The molecule has 0 spiro atoms. The lowest BCUT2D eigenvalue weighted by Gasteiger charge is -2.36. The summed E-state index contributed by atoms with van der Waals surface area (Å²) >= 11 is 0. The Morgan fingerprint density at radius 3 is 2.40 bits per heavy atom.